The van der Waals surface area contributed by atoms with Crippen LogP contribution in [0.2, 0.25) is 0 Å². The quantitative estimate of drug-likeness (QED) is 0.661. The van der Waals surface area contributed by atoms with Gasteiger partial charge in [0.15, 0.2) is 0 Å². The number of nitrogens with one attached hydrogen (secondary N) is 1. The number of carbonyl (C=O) groups excluding carboxylic acids is 2. The Labute approximate surface area is 92.6 Å². The lowest BCUT2D eigenvalue weighted by molar-refractivity contribution is -0.132. The molecular weight excluding hydrogens is 190 g/mol. The lowest BCUT2D eigenvalue weighted by Gasteiger charge is -2.05. The highest BCUT2D eigenvalue weighted by Gasteiger charge is 2.10. The van der Waals surface area contributed by atoms with Crippen molar-refractivity contribution in [1.82, 2.24) is 5.32 Å². The van der Waals surface area contributed by atoms with Gasteiger partial charge >= 0.3 is 0 Å². The van der Waals surface area contributed by atoms with Crippen LogP contribution in [-0.2, 0) is 9.59 Å². The fourth-order valence-corrected chi connectivity index (χ4v) is 1.23. The van der Waals surface area contributed by atoms with Crippen LogP contribution < -0.4 is 5.32 Å². The van der Waals surface area contributed by atoms with E-state index in [1.807, 2.05) is 0 Å². The number of amides is 2. The molecule has 0 radical (unpaired) electrons. The third kappa shape index (κ3) is 8.16. The fraction of sp³-hybridized carbons (Fsp3) is 0.833. The normalized spacial score (nSPS) is 10.4. The van der Waals surface area contributed by atoms with Crippen LogP contribution >= 0.6 is 0 Å². The van der Waals surface area contributed by atoms with Gasteiger partial charge in [0.2, 0.25) is 11.8 Å². The number of rotatable bonds is 7. The van der Waals surface area contributed by atoms with Crippen LogP contribution in [-0.4, -0.2) is 11.8 Å². The molecule has 1 N–H and O–H groups in total. The maximum Gasteiger partial charge on any atom is 0.229 e. The SMILES string of the molecule is CCCCCCCC(=O)NC(=O)C(C)C. The molecule has 3 heteroatoms. The highest BCUT2D eigenvalue weighted by Crippen LogP contribution is 2.04. The molecular formula is C12H23NO2. The van der Waals surface area contributed by atoms with E-state index in [-0.39, 0.29) is 17.7 Å². The molecule has 0 aromatic heterocycles. The maximum absolute atomic E-state index is 11.3. The topological polar surface area (TPSA) is 46.2 Å². The zero-order chi connectivity index (χ0) is 11.7. The zero-order valence-corrected chi connectivity index (χ0v) is 10.1. The lowest BCUT2D eigenvalue weighted by Crippen LogP contribution is -2.33. The lowest BCUT2D eigenvalue weighted by atomic mass is 10.1. The highest BCUT2D eigenvalue weighted by atomic mass is 16.2. The Morgan fingerprint density at radius 2 is 1.67 bits per heavy atom. The van der Waals surface area contributed by atoms with Gasteiger partial charge in [-0.1, -0.05) is 46.5 Å². The predicted octanol–water partition coefficient (Wildman–Crippen LogP) is 2.65. The molecule has 0 saturated heterocycles. The van der Waals surface area contributed by atoms with Crippen LogP contribution in [0.15, 0.2) is 0 Å². The van der Waals surface area contributed by atoms with Gasteiger partial charge in [-0.25, -0.2) is 0 Å². The van der Waals surface area contributed by atoms with Gasteiger partial charge in [-0.05, 0) is 6.42 Å². The molecule has 0 fully saturated rings. The van der Waals surface area contributed by atoms with E-state index in [1.165, 1.54) is 19.3 Å². The van der Waals surface area contributed by atoms with Crippen LogP contribution in [0.1, 0.15) is 59.3 Å². The molecule has 2 amide bonds. The van der Waals surface area contributed by atoms with Gasteiger partial charge in [-0.2, -0.15) is 0 Å². The Kier molecular flexibility index (Phi) is 7.96. The molecule has 0 spiro atoms. The second kappa shape index (κ2) is 8.45. The number of imide groups is 1. The van der Waals surface area contributed by atoms with Crippen molar-refractivity contribution in [2.45, 2.75) is 59.3 Å². The standard InChI is InChI=1S/C12H23NO2/c1-4-5-6-7-8-9-11(14)13-12(15)10(2)3/h10H,4-9H2,1-3H3,(H,13,14,15). The summed E-state index contributed by atoms with van der Waals surface area (Å²) in [5.74, 6) is -0.423. The van der Waals surface area contributed by atoms with Gasteiger partial charge in [0.05, 0.1) is 0 Å². The van der Waals surface area contributed by atoms with E-state index >= 15 is 0 Å². The Morgan fingerprint density at radius 1 is 1.07 bits per heavy atom. The maximum atomic E-state index is 11.3. The molecule has 3 nitrogen and oxygen atoms in total. The Balaban J connectivity index is 3.45. The molecule has 0 bridgehead atoms. The van der Waals surface area contributed by atoms with E-state index in [4.69, 9.17) is 0 Å². The van der Waals surface area contributed by atoms with E-state index in [0.717, 1.165) is 12.8 Å². The summed E-state index contributed by atoms with van der Waals surface area (Å²) in [7, 11) is 0. The largest absolute Gasteiger partial charge is 0.296 e. The van der Waals surface area contributed by atoms with Gasteiger partial charge in [0.1, 0.15) is 0 Å². The van der Waals surface area contributed by atoms with Crippen LogP contribution in [0.5, 0.6) is 0 Å². The number of hydrogen-bond donors (Lipinski definition) is 1. The summed E-state index contributed by atoms with van der Waals surface area (Å²) in [6.45, 7) is 5.72. The van der Waals surface area contributed by atoms with Gasteiger partial charge in [-0.3, -0.25) is 14.9 Å². The first kappa shape index (κ1) is 14.1. The van der Waals surface area contributed by atoms with Gasteiger partial charge in [-0.15, -0.1) is 0 Å². The average Bonchev–Trinajstić information content (AvgIpc) is 2.17. The van der Waals surface area contributed by atoms with Crippen LogP contribution in [0.3, 0.4) is 0 Å². The van der Waals surface area contributed by atoms with E-state index in [0.29, 0.717) is 6.42 Å². The number of carbonyl (C=O) groups is 2. The van der Waals surface area contributed by atoms with Gasteiger partial charge in [0, 0.05) is 12.3 Å². The minimum atomic E-state index is -0.173. The third-order valence-corrected chi connectivity index (χ3v) is 2.29. The van der Waals surface area contributed by atoms with E-state index in [1.54, 1.807) is 13.8 Å². The number of unbranched alkanes of at least 4 members (excludes halogenated alkanes) is 4. The minimum Gasteiger partial charge on any atom is -0.296 e. The van der Waals surface area contributed by atoms with Crippen molar-refractivity contribution in [1.29, 1.82) is 0 Å². The van der Waals surface area contributed by atoms with Crippen molar-refractivity contribution in [3.63, 3.8) is 0 Å². The second-order valence-corrected chi connectivity index (χ2v) is 4.23. The van der Waals surface area contributed by atoms with Crippen molar-refractivity contribution in [2.24, 2.45) is 5.92 Å². The Bertz CT molecular complexity index is 200. The zero-order valence-electron chi connectivity index (χ0n) is 10.1. The molecule has 0 aromatic rings. The summed E-state index contributed by atoms with van der Waals surface area (Å²) in [6.07, 6.45) is 6.06. The van der Waals surface area contributed by atoms with Crippen LogP contribution in [0.4, 0.5) is 0 Å². The van der Waals surface area contributed by atoms with E-state index < -0.39 is 0 Å². The van der Waals surface area contributed by atoms with Crippen molar-refractivity contribution in [3.05, 3.63) is 0 Å². The summed E-state index contributed by atoms with van der Waals surface area (Å²) >= 11 is 0. The predicted molar refractivity (Wildman–Crippen MR) is 61.4 cm³/mol. The summed E-state index contributed by atoms with van der Waals surface area (Å²) in [5, 5.41) is 2.39. The summed E-state index contributed by atoms with van der Waals surface area (Å²) in [4.78, 5) is 22.4. The first-order valence-corrected chi connectivity index (χ1v) is 5.91. The van der Waals surface area contributed by atoms with Crippen LogP contribution in [0, 0.1) is 5.92 Å². The van der Waals surface area contributed by atoms with E-state index in [9.17, 15) is 9.59 Å². The van der Waals surface area contributed by atoms with Crippen molar-refractivity contribution >= 4 is 11.8 Å². The van der Waals surface area contributed by atoms with Crippen molar-refractivity contribution in [2.75, 3.05) is 0 Å². The summed E-state index contributed by atoms with van der Waals surface area (Å²) in [5.41, 5.74) is 0. The van der Waals surface area contributed by atoms with Crippen LogP contribution in [0.25, 0.3) is 0 Å². The summed E-state index contributed by atoms with van der Waals surface area (Å²) in [6, 6.07) is 0. The fourth-order valence-electron chi connectivity index (χ4n) is 1.23. The van der Waals surface area contributed by atoms with Crippen molar-refractivity contribution in [3.8, 4) is 0 Å². The molecule has 0 saturated carbocycles. The average molecular weight is 213 g/mol. The summed E-state index contributed by atoms with van der Waals surface area (Å²) < 4.78 is 0. The second-order valence-electron chi connectivity index (χ2n) is 4.23. The molecule has 0 atom stereocenters. The Morgan fingerprint density at radius 3 is 2.20 bits per heavy atom. The van der Waals surface area contributed by atoms with Crippen molar-refractivity contribution < 1.29 is 9.59 Å². The monoisotopic (exact) mass is 213 g/mol. The third-order valence-electron chi connectivity index (χ3n) is 2.29. The molecule has 0 rings (SSSR count). The molecule has 0 aliphatic heterocycles. The molecule has 0 aliphatic carbocycles. The molecule has 0 unspecified atom stereocenters. The molecule has 88 valence electrons. The Hall–Kier alpha value is -0.860. The highest BCUT2D eigenvalue weighted by molar-refractivity contribution is 5.95. The molecule has 15 heavy (non-hydrogen) atoms. The van der Waals surface area contributed by atoms with Gasteiger partial charge in [0.25, 0.3) is 0 Å². The smallest absolute Gasteiger partial charge is 0.229 e. The number of hydrogen-bond acceptors (Lipinski definition) is 2. The minimum absolute atomic E-state index is 0.117. The van der Waals surface area contributed by atoms with E-state index in [2.05, 4.69) is 12.2 Å². The molecule has 0 aromatic carbocycles. The molecule has 0 aliphatic rings. The molecule has 0 heterocycles. The first-order valence-electron chi connectivity index (χ1n) is 5.91. The van der Waals surface area contributed by atoms with Gasteiger partial charge < -0.3 is 0 Å². The first-order chi connectivity index (χ1) is 7.07.